The molecule has 0 fully saturated rings. The van der Waals surface area contributed by atoms with Crippen LogP contribution in [0.3, 0.4) is 0 Å². The number of rotatable bonds is 4. The van der Waals surface area contributed by atoms with E-state index in [1.165, 1.54) is 0 Å². The Labute approximate surface area is 92.8 Å². The van der Waals surface area contributed by atoms with E-state index in [0.29, 0.717) is 0 Å². The van der Waals surface area contributed by atoms with Gasteiger partial charge in [-0.25, -0.2) is 4.39 Å². The highest BCUT2D eigenvalue weighted by Crippen LogP contribution is 2.47. The third-order valence-corrected chi connectivity index (χ3v) is 2.22. The molecule has 3 nitrogen and oxygen atoms in total. The average molecular weight is 312 g/mol. The summed E-state index contributed by atoms with van der Waals surface area (Å²) in [5, 5.41) is 0. The number of hydrogen-bond acceptors (Lipinski definition) is 3. The standard InChI is InChI=1S/C5HF9O3S/c6-2(18(14,16)17)1(15)3(7,8)4(9,10)5(11,12)13/h2H. The molecule has 0 saturated carbocycles. The lowest BCUT2D eigenvalue weighted by atomic mass is 10.1. The third kappa shape index (κ3) is 2.70. The van der Waals surface area contributed by atoms with Gasteiger partial charge in [-0.05, 0) is 0 Å². The Hall–Kier alpha value is -1.01. The van der Waals surface area contributed by atoms with Gasteiger partial charge >= 0.3 is 28.2 Å². The fraction of sp³-hybridized carbons (Fsp3) is 0.800. The Morgan fingerprint density at radius 2 is 1.28 bits per heavy atom. The number of alkyl halides is 8. The minimum Gasteiger partial charge on any atom is -0.288 e. The van der Waals surface area contributed by atoms with Crippen molar-refractivity contribution < 1.29 is 52.2 Å². The van der Waals surface area contributed by atoms with Crippen molar-refractivity contribution in [3.05, 3.63) is 0 Å². The molecule has 0 bridgehead atoms. The SMILES string of the molecule is O=C(C(F)S(=O)(=O)F)C(F)(F)C(F)(F)C(F)(F)F. The largest absolute Gasteiger partial charge is 0.460 e. The predicted octanol–water partition coefficient (Wildman–Crippen LogP) is 1.98. The van der Waals surface area contributed by atoms with Crippen molar-refractivity contribution >= 4 is 16.0 Å². The van der Waals surface area contributed by atoms with E-state index in [-0.39, 0.29) is 0 Å². The van der Waals surface area contributed by atoms with Crippen LogP contribution in [0.25, 0.3) is 0 Å². The molecule has 0 N–H and O–H groups in total. The van der Waals surface area contributed by atoms with Gasteiger partial charge in [-0.3, -0.25) is 4.79 Å². The molecule has 0 amide bonds. The molecule has 0 aromatic heterocycles. The number of Topliss-reactive ketones (excluding diaryl/α,β-unsaturated/α-hetero) is 1. The lowest BCUT2D eigenvalue weighted by molar-refractivity contribution is -0.343. The molecule has 0 radical (unpaired) electrons. The van der Waals surface area contributed by atoms with E-state index in [9.17, 15) is 52.2 Å². The Morgan fingerprint density at radius 3 is 1.50 bits per heavy atom. The molecule has 0 aromatic carbocycles. The summed E-state index contributed by atoms with van der Waals surface area (Å²) < 4.78 is 127. The number of carbonyl (C=O) groups excluding carboxylic acids is 1. The van der Waals surface area contributed by atoms with E-state index in [2.05, 4.69) is 0 Å². The molecule has 13 heteroatoms. The summed E-state index contributed by atoms with van der Waals surface area (Å²) in [5.74, 6) is -17.9. The third-order valence-electron chi connectivity index (χ3n) is 1.51. The summed E-state index contributed by atoms with van der Waals surface area (Å²) in [5.41, 5.74) is -4.85. The van der Waals surface area contributed by atoms with Crippen LogP contribution in [0.2, 0.25) is 0 Å². The Morgan fingerprint density at radius 1 is 0.944 bits per heavy atom. The van der Waals surface area contributed by atoms with Crippen molar-refractivity contribution in [1.82, 2.24) is 0 Å². The molecule has 1 unspecified atom stereocenters. The second-order valence-electron chi connectivity index (χ2n) is 2.80. The van der Waals surface area contributed by atoms with Crippen LogP contribution in [0.15, 0.2) is 0 Å². The summed E-state index contributed by atoms with van der Waals surface area (Å²) in [6.45, 7) is 0. The summed E-state index contributed by atoms with van der Waals surface area (Å²) in [6, 6.07) is 0. The average Bonchev–Trinajstić information content (AvgIpc) is 2.11. The summed E-state index contributed by atoms with van der Waals surface area (Å²) in [6.07, 6.45) is -6.97. The van der Waals surface area contributed by atoms with Crippen molar-refractivity contribution in [2.75, 3.05) is 0 Å². The molecule has 18 heavy (non-hydrogen) atoms. The number of carbonyl (C=O) groups is 1. The number of hydrogen-bond donors (Lipinski definition) is 0. The molecule has 0 rings (SSSR count). The van der Waals surface area contributed by atoms with Crippen LogP contribution < -0.4 is 0 Å². The van der Waals surface area contributed by atoms with Crippen LogP contribution in [0.1, 0.15) is 0 Å². The molecule has 0 aliphatic carbocycles. The first-order valence-electron chi connectivity index (χ1n) is 3.51. The van der Waals surface area contributed by atoms with Crippen molar-refractivity contribution in [3.8, 4) is 0 Å². The highest BCUT2D eigenvalue weighted by molar-refractivity contribution is 7.87. The fourth-order valence-electron chi connectivity index (χ4n) is 0.603. The van der Waals surface area contributed by atoms with Crippen molar-refractivity contribution in [2.45, 2.75) is 23.5 Å². The van der Waals surface area contributed by atoms with E-state index in [0.717, 1.165) is 0 Å². The Balaban J connectivity index is 5.62. The minimum atomic E-state index is -7.05. The maximum absolute atomic E-state index is 12.4. The van der Waals surface area contributed by atoms with Gasteiger partial charge in [-0.15, -0.1) is 3.89 Å². The monoisotopic (exact) mass is 312 g/mol. The van der Waals surface area contributed by atoms with Crippen LogP contribution in [-0.4, -0.2) is 37.7 Å². The van der Waals surface area contributed by atoms with E-state index in [1.807, 2.05) is 0 Å². The van der Waals surface area contributed by atoms with Crippen LogP contribution in [-0.2, 0) is 15.0 Å². The molecular formula is C5HF9O3S. The van der Waals surface area contributed by atoms with Gasteiger partial charge in [0.1, 0.15) is 0 Å². The maximum atomic E-state index is 12.4. The molecular weight excluding hydrogens is 311 g/mol. The van der Waals surface area contributed by atoms with Gasteiger partial charge in [0.25, 0.3) is 11.3 Å². The molecule has 0 saturated heterocycles. The topological polar surface area (TPSA) is 51.2 Å². The van der Waals surface area contributed by atoms with Gasteiger partial charge in [-0.1, -0.05) is 0 Å². The van der Waals surface area contributed by atoms with Gasteiger partial charge in [0, 0.05) is 0 Å². The zero-order chi connectivity index (χ0) is 15.2. The maximum Gasteiger partial charge on any atom is 0.460 e. The normalized spacial score (nSPS) is 16.5. The zero-order valence-electron chi connectivity index (χ0n) is 7.61. The molecule has 1 atom stereocenters. The summed E-state index contributed by atoms with van der Waals surface area (Å²) >= 11 is 0. The minimum absolute atomic E-state index is 4.05. The molecule has 0 aromatic rings. The second-order valence-corrected chi connectivity index (χ2v) is 4.17. The Kier molecular flexibility index (Phi) is 4.04. The van der Waals surface area contributed by atoms with Crippen LogP contribution in [0, 0.1) is 0 Å². The fourth-order valence-corrected chi connectivity index (χ4v) is 1.01. The number of ketones is 1. The van der Waals surface area contributed by atoms with Gasteiger partial charge in [0.2, 0.25) is 0 Å². The van der Waals surface area contributed by atoms with Crippen molar-refractivity contribution in [1.29, 1.82) is 0 Å². The second kappa shape index (κ2) is 4.28. The van der Waals surface area contributed by atoms with Crippen LogP contribution >= 0.6 is 0 Å². The highest BCUT2D eigenvalue weighted by atomic mass is 32.3. The Bertz CT molecular complexity index is 436. The van der Waals surface area contributed by atoms with Gasteiger partial charge in [-0.2, -0.15) is 39.2 Å². The quantitative estimate of drug-likeness (QED) is 0.589. The van der Waals surface area contributed by atoms with E-state index in [4.69, 9.17) is 0 Å². The lowest BCUT2D eigenvalue weighted by Crippen LogP contribution is -2.58. The molecule has 0 heterocycles. The predicted molar refractivity (Wildman–Crippen MR) is 35.9 cm³/mol. The zero-order valence-corrected chi connectivity index (χ0v) is 8.43. The van der Waals surface area contributed by atoms with E-state index >= 15 is 0 Å². The summed E-state index contributed by atoms with van der Waals surface area (Å²) in [7, 11) is -6.69. The highest BCUT2D eigenvalue weighted by Gasteiger charge is 2.77. The van der Waals surface area contributed by atoms with Crippen LogP contribution in [0.4, 0.5) is 39.0 Å². The number of halogens is 9. The van der Waals surface area contributed by atoms with Gasteiger partial charge in [0.15, 0.2) is 0 Å². The molecule has 0 spiro atoms. The summed E-state index contributed by atoms with van der Waals surface area (Å²) in [4.78, 5) is 10.2. The van der Waals surface area contributed by atoms with E-state index < -0.39 is 39.5 Å². The first kappa shape index (κ1) is 17.0. The van der Waals surface area contributed by atoms with Gasteiger partial charge in [0.05, 0.1) is 0 Å². The first-order chi connectivity index (χ1) is 7.57. The van der Waals surface area contributed by atoms with E-state index in [1.54, 1.807) is 0 Å². The lowest BCUT2D eigenvalue weighted by Gasteiger charge is -2.27. The van der Waals surface area contributed by atoms with Crippen molar-refractivity contribution in [3.63, 3.8) is 0 Å². The van der Waals surface area contributed by atoms with Crippen molar-refractivity contribution in [2.24, 2.45) is 0 Å². The smallest absolute Gasteiger partial charge is 0.288 e. The van der Waals surface area contributed by atoms with Gasteiger partial charge < -0.3 is 0 Å². The molecule has 0 aliphatic heterocycles. The molecule has 0 aliphatic rings. The molecule has 108 valence electrons. The van der Waals surface area contributed by atoms with Crippen LogP contribution in [0.5, 0.6) is 0 Å². The first-order valence-corrected chi connectivity index (χ1v) is 4.95.